The summed E-state index contributed by atoms with van der Waals surface area (Å²) in [4.78, 5) is 14.8. The van der Waals surface area contributed by atoms with E-state index in [0.717, 1.165) is 28.8 Å². The lowest BCUT2D eigenvalue weighted by Gasteiger charge is -2.32. The van der Waals surface area contributed by atoms with Crippen LogP contribution < -0.4 is 10.9 Å². The van der Waals surface area contributed by atoms with Crippen molar-refractivity contribution in [1.82, 2.24) is 24.7 Å². The summed E-state index contributed by atoms with van der Waals surface area (Å²) in [6, 6.07) is 8.54. The van der Waals surface area contributed by atoms with E-state index in [4.69, 9.17) is 10.3 Å². The molecule has 0 unspecified atom stereocenters. The van der Waals surface area contributed by atoms with Gasteiger partial charge in [-0.15, -0.1) is 16.9 Å². The smallest absolute Gasteiger partial charge is 0.265 e. The quantitative estimate of drug-likeness (QED) is 0.428. The highest BCUT2D eigenvalue weighted by Crippen LogP contribution is 2.35. The Labute approximate surface area is 208 Å². The monoisotopic (exact) mass is 518 g/mol. The third kappa shape index (κ3) is 4.86. The molecule has 0 radical (unpaired) electrons. The number of carbonyl (C=O) groups excluding carboxylic acids is 1. The van der Waals surface area contributed by atoms with Gasteiger partial charge >= 0.3 is 0 Å². The lowest BCUT2D eigenvalue weighted by molar-refractivity contribution is -0.0360. The van der Waals surface area contributed by atoms with Crippen LogP contribution in [-0.2, 0) is 10.0 Å². The van der Waals surface area contributed by atoms with Crippen molar-refractivity contribution in [2.75, 3.05) is 31.5 Å². The number of hydrogen-bond donors (Lipinski definition) is 3. The van der Waals surface area contributed by atoms with Gasteiger partial charge in [-0.1, -0.05) is 19.3 Å². The van der Waals surface area contributed by atoms with Gasteiger partial charge in [0.1, 0.15) is 4.83 Å². The second-order valence-electron chi connectivity index (χ2n) is 9.12. The molecule has 3 aromatic rings. The summed E-state index contributed by atoms with van der Waals surface area (Å²) in [7, 11) is -3.64. The molecule has 3 heterocycles. The van der Waals surface area contributed by atoms with Gasteiger partial charge in [0.05, 0.1) is 21.5 Å². The van der Waals surface area contributed by atoms with Gasteiger partial charge in [0.25, 0.3) is 5.91 Å². The van der Waals surface area contributed by atoms with E-state index in [1.807, 2.05) is 13.0 Å². The molecule has 1 aromatic carbocycles. The summed E-state index contributed by atoms with van der Waals surface area (Å²) in [6.07, 6.45) is 5.95. The number of nitrogens with one attached hydrogen (secondary N) is 2. The van der Waals surface area contributed by atoms with Gasteiger partial charge < -0.3 is 10.5 Å². The molecule has 1 saturated heterocycles. The van der Waals surface area contributed by atoms with Gasteiger partial charge in [-0.05, 0) is 50.1 Å². The number of piperazine rings is 1. The lowest BCUT2D eigenvalue weighted by atomic mass is 9.96. The van der Waals surface area contributed by atoms with Crippen LogP contribution in [0.5, 0.6) is 0 Å². The molecule has 5 rings (SSSR count). The zero-order valence-corrected chi connectivity index (χ0v) is 21.2. The predicted molar refractivity (Wildman–Crippen MR) is 134 cm³/mol. The van der Waals surface area contributed by atoms with E-state index in [1.54, 1.807) is 17.1 Å². The highest BCUT2D eigenvalue weighted by molar-refractivity contribution is 7.89. The van der Waals surface area contributed by atoms with E-state index in [1.165, 1.54) is 47.0 Å². The molecule has 0 spiro atoms. The van der Waals surface area contributed by atoms with Crippen LogP contribution in [0, 0.1) is 6.92 Å². The van der Waals surface area contributed by atoms with Crippen LogP contribution >= 0.6 is 11.3 Å². The number of aromatic nitrogens is 2. The largest absolute Gasteiger partial charge is 0.321 e. The van der Waals surface area contributed by atoms with Crippen molar-refractivity contribution in [3.05, 3.63) is 40.9 Å². The fourth-order valence-corrected chi connectivity index (χ4v) is 7.39. The van der Waals surface area contributed by atoms with Crippen molar-refractivity contribution in [1.29, 1.82) is 0 Å². The first-order valence-corrected chi connectivity index (χ1v) is 14.2. The van der Waals surface area contributed by atoms with Gasteiger partial charge in [0, 0.05) is 37.3 Å². The highest BCUT2D eigenvalue weighted by Gasteiger charge is 2.28. The number of nitrogens with zero attached hydrogens (tertiary/aromatic N) is 4. The Morgan fingerprint density at radius 1 is 1.09 bits per heavy atom. The number of amides is 1. The molecule has 10 nitrogen and oxygen atoms in total. The van der Waals surface area contributed by atoms with E-state index >= 15 is 0 Å². The number of sulfonamides is 1. The van der Waals surface area contributed by atoms with Gasteiger partial charge in [-0.2, -0.15) is 9.40 Å². The maximum Gasteiger partial charge on any atom is 0.265 e. The molecule has 0 atom stereocenters. The van der Waals surface area contributed by atoms with Crippen LogP contribution in [0.4, 0.5) is 5.69 Å². The van der Waals surface area contributed by atoms with Crippen LogP contribution in [0.2, 0.25) is 0 Å². The van der Waals surface area contributed by atoms with E-state index in [9.17, 15) is 13.2 Å². The minimum atomic E-state index is -3.64. The molecular formula is C23H30N6O4S2. The van der Waals surface area contributed by atoms with Crippen LogP contribution in [0.25, 0.3) is 10.2 Å². The Balaban J connectivity index is 1.29. The Morgan fingerprint density at radius 3 is 2.43 bits per heavy atom. The normalized spacial score (nSPS) is 18.8. The number of benzene rings is 1. The third-order valence-corrected chi connectivity index (χ3v) is 9.88. The van der Waals surface area contributed by atoms with E-state index in [2.05, 4.69) is 15.6 Å². The number of fused-ring (bicyclic) bond motifs is 1. The number of aryl methyl sites for hydroxylation is 1. The van der Waals surface area contributed by atoms with Gasteiger partial charge in [0.15, 0.2) is 0 Å². The number of hydrogen-bond acceptors (Lipinski definition) is 8. The van der Waals surface area contributed by atoms with Gasteiger partial charge in [-0.3, -0.25) is 9.48 Å². The van der Waals surface area contributed by atoms with E-state index < -0.39 is 10.0 Å². The zero-order valence-electron chi connectivity index (χ0n) is 19.6. The van der Waals surface area contributed by atoms with Crippen LogP contribution in [-0.4, -0.2) is 64.8 Å². The van der Waals surface area contributed by atoms with Gasteiger partial charge in [0.2, 0.25) is 10.0 Å². The number of thiophene rings is 1. The Hall–Kier alpha value is -2.35. The maximum absolute atomic E-state index is 13.0. The average Bonchev–Trinajstić information content (AvgIpc) is 3.45. The summed E-state index contributed by atoms with van der Waals surface area (Å²) >= 11 is 1.45. The first-order valence-electron chi connectivity index (χ1n) is 11.9. The summed E-state index contributed by atoms with van der Waals surface area (Å²) in [5, 5.41) is 19.2. The SMILES string of the molecule is Cc1nn(C2CCCCC2)c2sc(C(=O)Nc3ccc(S(=O)(=O)N4CCN(NO)CC4)cc3)cc12. The van der Waals surface area contributed by atoms with Gasteiger partial charge in [-0.25, -0.2) is 13.4 Å². The molecule has 188 valence electrons. The molecule has 35 heavy (non-hydrogen) atoms. The summed E-state index contributed by atoms with van der Waals surface area (Å²) in [6.45, 7) is 3.31. The van der Waals surface area contributed by atoms with Crippen LogP contribution in [0.15, 0.2) is 35.2 Å². The first kappa shape index (κ1) is 24.3. The fraction of sp³-hybridized carbons (Fsp3) is 0.478. The zero-order chi connectivity index (χ0) is 24.6. The molecule has 0 bridgehead atoms. The third-order valence-electron chi connectivity index (χ3n) is 6.84. The molecular weight excluding hydrogens is 488 g/mol. The van der Waals surface area contributed by atoms with Crippen LogP contribution in [0.1, 0.15) is 53.5 Å². The average molecular weight is 519 g/mol. The molecule has 1 aliphatic carbocycles. The second kappa shape index (κ2) is 9.96. The Kier molecular flexibility index (Phi) is 6.93. The lowest BCUT2D eigenvalue weighted by Crippen LogP contribution is -2.52. The number of hydrazine groups is 1. The standard InChI is InChI=1S/C23H30N6O4S2/c1-16-20-15-21(34-23(20)29(25-16)18-5-3-2-4-6-18)22(30)24-17-7-9-19(10-8-17)35(32,33)28-13-11-27(26-31)12-14-28/h7-10,15,18,26,31H,2-6,11-14H2,1H3,(H,24,30). The molecule has 12 heteroatoms. The molecule has 1 saturated carbocycles. The minimum absolute atomic E-state index is 0.172. The minimum Gasteiger partial charge on any atom is -0.321 e. The topological polar surface area (TPSA) is 120 Å². The second-order valence-corrected chi connectivity index (χ2v) is 12.1. The number of anilines is 1. The number of carbonyl (C=O) groups is 1. The van der Waals surface area contributed by atoms with Crippen molar-refractivity contribution in [3.8, 4) is 0 Å². The number of rotatable bonds is 6. The Bertz CT molecular complexity index is 1300. The molecule has 2 aromatic heterocycles. The molecule has 2 aliphatic rings. The van der Waals surface area contributed by atoms with E-state index in [0.29, 0.717) is 29.7 Å². The van der Waals surface area contributed by atoms with Crippen molar-refractivity contribution in [3.63, 3.8) is 0 Å². The molecule has 2 fully saturated rings. The molecule has 1 amide bonds. The fourth-order valence-electron chi connectivity index (χ4n) is 4.84. The predicted octanol–water partition coefficient (Wildman–Crippen LogP) is 3.36. The molecule has 1 aliphatic heterocycles. The first-order chi connectivity index (χ1) is 16.9. The van der Waals surface area contributed by atoms with E-state index in [-0.39, 0.29) is 23.9 Å². The van der Waals surface area contributed by atoms with Crippen molar-refractivity contribution in [2.24, 2.45) is 0 Å². The maximum atomic E-state index is 13.0. The Morgan fingerprint density at radius 2 is 1.77 bits per heavy atom. The highest BCUT2D eigenvalue weighted by atomic mass is 32.2. The molecule has 3 N–H and O–H groups in total. The van der Waals surface area contributed by atoms with Crippen LogP contribution in [0.3, 0.4) is 0 Å². The summed E-state index contributed by atoms with van der Waals surface area (Å²) in [5.74, 6) is -0.218. The van der Waals surface area contributed by atoms with Crippen molar-refractivity contribution >= 4 is 43.2 Å². The summed E-state index contributed by atoms with van der Waals surface area (Å²) in [5.41, 5.74) is 3.52. The van der Waals surface area contributed by atoms with Crippen molar-refractivity contribution < 1.29 is 18.4 Å². The summed E-state index contributed by atoms with van der Waals surface area (Å²) < 4.78 is 29.4. The van der Waals surface area contributed by atoms with Crippen molar-refractivity contribution in [2.45, 2.75) is 50.0 Å².